The lowest BCUT2D eigenvalue weighted by Crippen LogP contribution is -2.55. The van der Waals surface area contributed by atoms with Crippen molar-refractivity contribution >= 4 is 0 Å². The normalized spacial score (nSPS) is 41.1. The van der Waals surface area contributed by atoms with Crippen molar-refractivity contribution in [3.63, 3.8) is 0 Å². The molecule has 0 aromatic heterocycles. The van der Waals surface area contributed by atoms with Crippen LogP contribution < -0.4 is 0 Å². The molecule has 1 N–H and O–H groups in total. The van der Waals surface area contributed by atoms with Crippen LogP contribution in [0.15, 0.2) is 12.1 Å². The second kappa shape index (κ2) is 4.55. The number of rotatable bonds is 0. The predicted molar refractivity (Wildman–Crippen MR) is 95.9 cm³/mol. The number of hydrogen-bond acceptors (Lipinski definition) is 1. The zero-order valence-corrected chi connectivity index (χ0v) is 15.5. The largest absolute Gasteiger partial charge is 0.508 e. The van der Waals surface area contributed by atoms with E-state index in [0.717, 1.165) is 11.8 Å². The average molecular weight is 312 g/mol. The molecule has 126 valence electrons. The third kappa shape index (κ3) is 1.91. The molecule has 3 aliphatic carbocycles. The molecule has 0 amide bonds. The van der Waals surface area contributed by atoms with Crippen molar-refractivity contribution < 1.29 is 5.11 Å². The number of aromatic hydroxyl groups is 1. The maximum absolute atomic E-state index is 10.1. The van der Waals surface area contributed by atoms with Crippen molar-refractivity contribution in [1.29, 1.82) is 0 Å². The topological polar surface area (TPSA) is 20.2 Å². The van der Waals surface area contributed by atoms with Gasteiger partial charge in [-0.25, -0.2) is 0 Å². The Balaban J connectivity index is 1.84. The molecule has 0 bridgehead atoms. The molecule has 2 unspecified atom stereocenters. The van der Waals surface area contributed by atoms with Gasteiger partial charge in [-0.2, -0.15) is 0 Å². The summed E-state index contributed by atoms with van der Waals surface area (Å²) in [6, 6.07) is 4.03. The summed E-state index contributed by atoms with van der Waals surface area (Å²) < 4.78 is 0. The van der Waals surface area contributed by atoms with Crippen LogP contribution in [0.25, 0.3) is 0 Å². The van der Waals surface area contributed by atoms with Crippen LogP contribution in [0.3, 0.4) is 0 Å². The third-order valence-corrected chi connectivity index (χ3v) is 8.19. The van der Waals surface area contributed by atoms with Gasteiger partial charge in [-0.3, -0.25) is 0 Å². The number of aryl methyl sites for hydroxylation is 1. The van der Waals surface area contributed by atoms with Crippen LogP contribution in [0.1, 0.15) is 76.5 Å². The van der Waals surface area contributed by atoms with Gasteiger partial charge in [0.15, 0.2) is 0 Å². The Kier molecular flexibility index (Phi) is 3.08. The summed E-state index contributed by atoms with van der Waals surface area (Å²) in [5, 5.41) is 10.1. The highest BCUT2D eigenvalue weighted by atomic mass is 16.3. The van der Waals surface area contributed by atoms with Gasteiger partial charge in [0.05, 0.1) is 0 Å². The van der Waals surface area contributed by atoms with E-state index in [1.807, 2.05) is 6.07 Å². The number of hydrogen-bond donors (Lipinski definition) is 1. The summed E-state index contributed by atoms with van der Waals surface area (Å²) in [4.78, 5) is 0. The first kappa shape index (κ1) is 15.5. The molecule has 1 aromatic rings. The monoisotopic (exact) mass is 312 g/mol. The molecule has 3 aliphatic rings. The summed E-state index contributed by atoms with van der Waals surface area (Å²) in [7, 11) is 0. The molecule has 23 heavy (non-hydrogen) atoms. The number of phenolic OH excluding ortho intramolecular Hbond substituents is 1. The second-order valence-corrected chi connectivity index (χ2v) is 9.91. The first-order valence-electron chi connectivity index (χ1n) is 9.51. The minimum Gasteiger partial charge on any atom is -0.508 e. The zero-order chi connectivity index (χ0) is 16.6. The van der Waals surface area contributed by atoms with Crippen molar-refractivity contribution in [2.45, 2.75) is 78.6 Å². The summed E-state index contributed by atoms with van der Waals surface area (Å²) >= 11 is 0. The molecule has 1 aromatic carbocycles. The molecule has 0 saturated heterocycles. The summed E-state index contributed by atoms with van der Waals surface area (Å²) in [5.74, 6) is 2.04. The van der Waals surface area contributed by atoms with Crippen LogP contribution in [0.5, 0.6) is 5.75 Å². The molecule has 0 aliphatic heterocycles. The Hall–Kier alpha value is -0.980. The first-order chi connectivity index (χ1) is 10.7. The van der Waals surface area contributed by atoms with Gasteiger partial charge < -0.3 is 5.11 Å². The van der Waals surface area contributed by atoms with Crippen molar-refractivity contribution in [3.8, 4) is 5.75 Å². The molecule has 0 spiro atoms. The van der Waals surface area contributed by atoms with E-state index < -0.39 is 0 Å². The molecular weight excluding hydrogens is 280 g/mol. The minimum absolute atomic E-state index is 0.311. The standard InChI is InChI=1S/C22H32O/c1-14-11-16(23)12-15-13-18-21(4)9-6-8-20(2,3)17(21)7-10-22(18,5)19(14)15/h11-12,17-18,23H,6-10,13H2,1-5H3/t17-,18-,21?,22?/m0/s1. The lowest BCUT2D eigenvalue weighted by Gasteiger charge is -2.61. The van der Waals surface area contributed by atoms with Crippen LogP contribution in [-0.4, -0.2) is 5.11 Å². The van der Waals surface area contributed by atoms with Gasteiger partial charge in [0.25, 0.3) is 0 Å². The van der Waals surface area contributed by atoms with Crippen molar-refractivity contribution in [3.05, 3.63) is 28.8 Å². The lowest BCUT2D eigenvalue weighted by molar-refractivity contribution is -0.0983. The Morgan fingerprint density at radius 2 is 1.74 bits per heavy atom. The van der Waals surface area contributed by atoms with E-state index in [-0.39, 0.29) is 0 Å². The van der Waals surface area contributed by atoms with Crippen molar-refractivity contribution in [1.82, 2.24) is 0 Å². The molecular formula is C22H32O. The van der Waals surface area contributed by atoms with E-state index in [1.54, 1.807) is 5.56 Å². The van der Waals surface area contributed by atoms with Crippen LogP contribution >= 0.6 is 0 Å². The van der Waals surface area contributed by atoms with Crippen LogP contribution in [0.4, 0.5) is 0 Å². The Morgan fingerprint density at radius 3 is 2.48 bits per heavy atom. The molecule has 2 fully saturated rings. The van der Waals surface area contributed by atoms with Crippen molar-refractivity contribution in [2.24, 2.45) is 22.7 Å². The van der Waals surface area contributed by atoms with E-state index in [2.05, 4.69) is 40.7 Å². The molecule has 4 rings (SSSR count). The molecule has 2 saturated carbocycles. The van der Waals surface area contributed by atoms with Gasteiger partial charge in [-0.15, -0.1) is 0 Å². The van der Waals surface area contributed by atoms with Crippen LogP contribution in [-0.2, 0) is 11.8 Å². The average Bonchev–Trinajstić information content (AvgIpc) is 2.71. The Bertz CT molecular complexity index is 658. The fraction of sp³-hybridized carbons (Fsp3) is 0.727. The van der Waals surface area contributed by atoms with E-state index in [0.29, 0.717) is 22.0 Å². The van der Waals surface area contributed by atoms with Gasteiger partial charge in [0.2, 0.25) is 0 Å². The molecule has 4 atom stereocenters. The highest BCUT2D eigenvalue weighted by molar-refractivity contribution is 5.50. The third-order valence-electron chi connectivity index (χ3n) is 8.19. The fourth-order valence-electron chi connectivity index (χ4n) is 7.45. The van der Waals surface area contributed by atoms with Gasteiger partial charge in [-0.1, -0.05) is 34.1 Å². The smallest absolute Gasteiger partial charge is 0.116 e. The van der Waals surface area contributed by atoms with Gasteiger partial charge >= 0.3 is 0 Å². The maximum atomic E-state index is 10.1. The number of benzene rings is 1. The SMILES string of the molecule is Cc1cc(O)cc2c1C1(C)CC[C@H]3C(C)(C)CCCC3(C)[C@@H]1C2. The van der Waals surface area contributed by atoms with Gasteiger partial charge in [0, 0.05) is 0 Å². The molecule has 1 heteroatoms. The van der Waals surface area contributed by atoms with E-state index in [9.17, 15) is 5.11 Å². The van der Waals surface area contributed by atoms with E-state index >= 15 is 0 Å². The van der Waals surface area contributed by atoms with Crippen LogP contribution in [0, 0.1) is 29.6 Å². The second-order valence-electron chi connectivity index (χ2n) is 9.91. The van der Waals surface area contributed by atoms with E-state index in [1.165, 1.54) is 49.7 Å². The fourth-order valence-corrected chi connectivity index (χ4v) is 7.45. The first-order valence-corrected chi connectivity index (χ1v) is 9.51. The van der Waals surface area contributed by atoms with Crippen molar-refractivity contribution in [2.75, 3.05) is 0 Å². The van der Waals surface area contributed by atoms with E-state index in [4.69, 9.17) is 0 Å². The van der Waals surface area contributed by atoms with Gasteiger partial charge in [-0.05, 0) is 95.9 Å². The molecule has 0 radical (unpaired) electrons. The Labute approximate surface area is 141 Å². The number of fused-ring (bicyclic) bond motifs is 5. The van der Waals surface area contributed by atoms with Crippen LogP contribution in [0.2, 0.25) is 0 Å². The number of phenols is 1. The summed E-state index contributed by atoms with van der Waals surface area (Å²) in [5.41, 5.74) is 5.56. The molecule has 0 heterocycles. The molecule has 1 nitrogen and oxygen atoms in total. The quantitative estimate of drug-likeness (QED) is 0.646. The highest BCUT2D eigenvalue weighted by Crippen LogP contribution is 2.67. The highest BCUT2D eigenvalue weighted by Gasteiger charge is 2.61. The Morgan fingerprint density at radius 1 is 1.00 bits per heavy atom. The zero-order valence-electron chi connectivity index (χ0n) is 15.5. The van der Waals surface area contributed by atoms with Gasteiger partial charge in [0.1, 0.15) is 5.75 Å². The maximum Gasteiger partial charge on any atom is 0.116 e. The summed E-state index contributed by atoms with van der Waals surface area (Å²) in [6.07, 6.45) is 8.03. The summed E-state index contributed by atoms with van der Waals surface area (Å²) in [6.45, 7) is 12.3. The predicted octanol–water partition coefficient (Wildman–Crippen LogP) is 5.76. The minimum atomic E-state index is 0.311. The lowest BCUT2D eigenvalue weighted by atomic mass is 9.43.